The number of hydrogen-bond acceptors (Lipinski definition) is 5. The number of thiazole rings is 1. The summed E-state index contributed by atoms with van der Waals surface area (Å²) in [7, 11) is 0. The number of amides is 2. The van der Waals surface area contributed by atoms with Gasteiger partial charge in [-0.05, 0) is 36.1 Å². The molecule has 8 heteroatoms. The molecule has 1 aromatic carbocycles. The van der Waals surface area contributed by atoms with E-state index >= 15 is 0 Å². The second-order valence-electron chi connectivity index (χ2n) is 5.92. The number of halogens is 1. The summed E-state index contributed by atoms with van der Waals surface area (Å²) in [5, 5.41) is 7.49. The van der Waals surface area contributed by atoms with Crippen LogP contribution in [-0.4, -0.2) is 42.1 Å². The number of carbonyl (C=O) groups is 1. The summed E-state index contributed by atoms with van der Waals surface area (Å²) >= 11 is 9.46. The highest BCUT2D eigenvalue weighted by molar-refractivity contribution is 7.22. The molecule has 4 rings (SSSR count). The number of carbonyl (C=O) groups excluding carboxylic acids is 1. The van der Waals surface area contributed by atoms with Crippen LogP contribution < -0.4 is 10.2 Å². The first-order valence-electron chi connectivity index (χ1n) is 8.02. The summed E-state index contributed by atoms with van der Waals surface area (Å²) in [6, 6.07) is 7.73. The largest absolute Gasteiger partial charge is 0.345 e. The standard InChI is InChI=1S/C17H17ClN4OS2/c1-11-4-5-12(18)15-14(11)20-17(25-15)22-8-6-21(7-9-22)16(23)19-13-3-2-10-24-13/h2-5,10H,6-9H2,1H3,(H,19,23). The van der Waals surface area contributed by atoms with Crippen LogP contribution in [0.1, 0.15) is 5.56 Å². The van der Waals surface area contributed by atoms with E-state index in [4.69, 9.17) is 16.6 Å². The lowest BCUT2D eigenvalue weighted by Gasteiger charge is -2.34. The second kappa shape index (κ2) is 6.82. The van der Waals surface area contributed by atoms with Crippen molar-refractivity contribution in [1.82, 2.24) is 9.88 Å². The first-order valence-corrected chi connectivity index (χ1v) is 10.1. The van der Waals surface area contributed by atoms with Gasteiger partial charge in [-0.2, -0.15) is 0 Å². The van der Waals surface area contributed by atoms with Crippen LogP contribution in [0.3, 0.4) is 0 Å². The van der Waals surface area contributed by atoms with Gasteiger partial charge in [-0.3, -0.25) is 5.32 Å². The van der Waals surface area contributed by atoms with E-state index in [0.29, 0.717) is 13.1 Å². The molecular weight excluding hydrogens is 376 g/mol. The van der Waals surface area contributed by atoms with Crippen molar-refractivity contribution in [3.05, 3.63) is 40.2 Å². The minimum absolute atomic E-state index is 0.0368. The Labute approximate surface area is 158 Å². The number of rotatable bonds is 2. The van der Waals surface area contributed by atoms with E-state index < -0.39 is 0 Å². The van der Waals surface area contributed by atoms with Gasteiger partial charge in [0.15, 0.2) is 5.13 Å². The van der Waals surface area contributed by atoms with Crippen molar-refractivity contribution >= 4 is 60.7 Å². The molecule has 2 aromatic heterocycles. The Kier molecular flexibility index (Phi) is 4.54. The number of anilines is 2. The molecule has 1 saturated heterocycles. The van der Waals surface area contributed by atoms with Crippen molar-refractivity contribution in [2.75, 3.05) is 36.4 Å². The van der Waals surface area contributed by atoms with Crippen molar-refractivity contribution in [2.45, 2.75) is 6.92 Å². The first kappa shape index (κ1) is 16.6. The number of benzene rings is 1. The molecule has 25 heavy (non-hydrogen) atoms. The van der Waals surface area contributed by atoms with E-state index in [1.54, 1.807) is 11.3 Å². The van der Waals surface area contributed by atoms with Crippen LogP contribution in [0, 0.1) is 6.92 Å². The lowest BCUT2D eigenvalue weighted by atomic mass is 10.2. The molecule has 0 bridgehead atoms. The summed E-state index contributed by atoms with van der Waals surface area (Å²) in [6.45, 7) is 4.96. The normalized spacial score (nSPS) is 15.0. The Hall–Kier alpha value is -1.83. The third kappa shape index (κ3) is 3.31. The van der Waals surface area contributed by atoms with Gasteiger partial charge in [0.05, 0.1) is 20.2 Å². The molecule has 1 aliphatic rings. The molecule has 1 fully saturated rings. The van der Waals surface area contributed by atoms with Crippen molar-refractivity contribution in [3.63, 3.8) is 0 Å². The molecule has 0 unspecified atom stereocenters. The lowest BCUT2D eigenvalue weighted by molar-refractivity contribution is 0.208. The summed E-state index contributed by atoms with van der Waals surface area (Å²) in [5.41, 5.74) is 2.11. The molecule has 1 N–H and O–H groups in total. The predicted octanol–water partition coefficient (Wildman–Crippen LogP) is 4.67. The minimum Gasteiger partial charge on any atom is -0.345 e. The maximum Gasteiger partial charge on any atom is 0.322 e. The number of thiophene rings is 1. The molecule has 0 atom stereocenters. The van der Waals surface area contributed by atoms with Crippen LogP contribution in [0.5, 0.6) is 0 Å². The van der Waals surface area contributed by atoms with Crippen LogP contribution in [0.2, 0.25) is 5.02 Å². The van der Waals surface area contributed by atoms with E-state index in [0.717, 1.165) is 44.0 Å². The third-order valence-electron chi connectivity index (χ3n) is 4.27. The zero-order valence-electron chi connectivity index (χ0n) is 13.7. The Balaban J connectivity index is 1.44. The van der Waals surface area contributed by atoms with Gasteiger partial charge in [0, 0.05) is 26.2 Å². The fourth-order valence-corrected chi connectivity index (χ4v) is 4.84. The van der Waals surface area contributed by atoms with E-state index in [-0.39, 0.29) is 6.03 Å². The third-order valence-corrected chi connectivity index (χ3v) is 6.64. The van der Waals surface area contributed by atoms with Gasteiger partial charge >= 0.3 is 6.03 Å². The van der Waals surface area contributed by atoms with Gasteiger partial charge < -0.3 is 9.80 Å². The number of piperazine rings is 1. The number of aromatic nitrogens is 1. The summed E-state index contributed by atoms with van der Waals surface area (Å²) in [5.74, 6) is 0. The topological polar surface area (TPSA) is 48.5 Å². The highest BCUT2D eigenvalue weighted by Crippen LogP contribution is 2.35. The quantitative estimate of drug-likeness (QED) is 0.689. The summed E-state index contributed by atoms with van der Waals surface area (Å²) in [6.07, 6.45) is 0. The first-order chi connectivity index (χ1) is 12.1. The smallest absolute Gasteiger partial charge is 0.322 e. The number of urea groups is 1. The summed E-state index contributed by atoms with van der Waals surface area (Å²) < 4.78 is 1.04. The molecule has 0 aliphatic carbocycles. The maximum absolute atomic E-state index is 12.3. The highest BCUT2D eigenvalue weighted by atomic mass is 35.5. The van der Waals surface area contributed by atoms with E-state index in [9.17, 15) is 4.79 Å². The number of nitrogens with zero attached hydrogens (tertiary/aromatic N) is 3. The molecule has 0 radical (unpaired) electrons. The van der Waals surface area contributed by atoms with Crippen LogP contribution in [0.4, 0.5) is 14.9 Å². The molecule has 0 saturated carbocycles. The van der Waals surface area contributed by atoms with Gasteiger partial charge in [0.2, 0.25) is 0 Å². The number of nitrogens with one attached hydrogen (secondary N) is 1. The van der Waals surface area contributed by atoms with Crippen LogP contribution in [0.15, 0.2) is 29.6 Å². The number of hydrogen-bond donors (Lipinski definition) is 1. The minimum atomic E-state index is -0.0368. The fourth-order valence-electron chi connectivity index (χ4n) is 2.86. The van der Waals surface area contributed by atoms with E-state index in [1.807, 2.05) is 34.5 Å². The van der Waals surface area contributed by atoms with Gasteiger partial charge in [-0.15, -0.1) is 11.3 Å². The zero-order valence-corrected chi connectivity index (χ0v) is 16.0. The molecule has 1 aliphatic heterocycles. The number of aryl methyl sites for hydroxylation is 1. The predicted molar refractivity (Wildman–Crippen MR) is 106 cm³/mol. The van der Waals surface area contributed by atoms with Gasteiger partial charge in [0.25, 0.3) is 0 Å². The average molecular weight is 393 g/mol. The number of fused-ring (bicyclic) bond motifs is 1. The van der Waals surface area contributed by atoms with E-state index in [1.165, 1.54) is 11.3 Å². The van der Waals surface area contributed by atoms with Gasteiger partial charge in [0.1, 0.15) is 0 Å². The molecule has 3 heterocycles. The zero-order chi connectivity index (χ0) is 17.4. The van der Waals surface area contributed by atoms with Gasteiger partial charge in [-0.25, -0.2) is 9.78 Å². The Morgan fingerprint density at radius 2 is 2.04 bits per heavy atom. The SMILES string of the molecule is Cc1ccc(Cl)c2sc(N3CCN(C(=O)Nc4cccs4)CC3)nc12. The molecular formula is C17H17ClN4OS2. The molecule has 5 nitrogen and oxygen atoms in total. The van der Waals surface area contributed by atoms with Crippen molar-refractivity contribution in [1.29, 1.82) is 0 Å². The molecule has 0 spiro atoms. The molecule has 130 valence electrons. The van der Waals surface area contributed by atoms with Crippen molar-refractivity contribution in [2.24, 2.45) is 0 Å². The van der Waals surface area contributed by atoms with Crippen LogP contribution in [-0.2, 0) is 0 Å². The van der Waals surface area contributed by atoms with Gasteiger partial charge in [-0.1, -0.05) is 29.0 Å². The maximum atomic E-state index is 12.3. The fraction of sp³-hybridized carbons (Fsp3) is 0.294. The Bertz CT molecular complexity index is 862. The van der Waals surface area contributed by atoms with Crippen molar-refractivity contribution < 1.29 is 4.79 Å². The summed E-state index contributed by atoms with van der Waals surface area (Å²) in [4.78, 5) is 21.2. The molecule has 2 amide bonds. The van der Waals surface area contributed by atoms with E-state index in [2.05, 4.69) is 17.1 Å². The molecule has 3 aromatic rings. The lowest BCUT2D eigenvalue weighted by Crippen LogP contribution is -2.50. The Morgan fingerprint density at radius 3 is 2.72 bits per heavy atom. The van der Waals surface area contributed by atoms with Crippen LogP contribution in [0.25, 0.3) is 10.2 Å². The van der Waals surface area contributed by atoms with Crippen LogP contribution >= 0.6 is 34.3 Å². The Morgan fingerprint density at radius 1 is 1.24 bits per heavy atom. The highest BCUT2D eigenvalue weighted by Gasteiger charge is 2.24. The average Bonchev–Trinajstić information content (AvgIpc) is 3.28. The monoisotopic (exact) mass is 392 g/mol. The van der Waals surface area contributed by atoms with Crippen molar-refractivity contribution in [3.8, 4) is 0 Å². The second-order valence-corrected chi connectivity index (χ2v) is 8.25.